The number of carbonyl (C=O) groups excluding carboxylic acids is 3. The van der Waals surface area contributed by atoms with Gasteiger partial charge >= 0.3 is 6.03 Å². The van der Waals surface area contributed by atoms with Gasteiger partial charge in [-0.2, -0.15) is 0 Å². The van der Waals surface area contributed by atoms with E-state index < -0.39 is 42.1 Å². The Bertz CT molecular complexity index is 549. The van der Waals surface area contributed by atoms with E-state index in [1.165, 1.54) is 6.08 Å². The van der Waals surface area contributed by atoms with Gasteiger partial charge in [0.05, 0.1) is 12.1 Å². The summed E-state index contributed by atoms with van der Waals surface area (Å²) in [6.45, 7) is 6.16. The molecule has 0 radical (unpaired) electrons. The van der Waals surface area contributed by atoms with Gasteiger partial charge in [-0.3, -0.25) is 9.59 Å². The van der Waals surface area contributed by atoms with E-state index in [2.05, 4.69) is 16.0 Å². The molecule has 4 amide bonds. The number of urea groups is 1. The van der Waals surface area contributed by atoms with E-state index in [0.717, 1.165) is 6.42 Å². The van der Waals surface area contributed by atoms with Gasteiger partial charge in [-0.15, -0.1) is 0 Å². The molecular weight excluding hydrogens is 340 g/mol. The van der Waals surface area contributed by atoms with Gasteiger partial charge < -0.3 is 31.9 Å². The minimum atomic E-state index is -1.23. The Balaban J connectivity index is 2.84. The smallest absolute Gasteiger partial charge is 0.315 e. The molecule has 7 N–H and O–H groups in total. The third-order valence-corrected chi connectivity index (χ3v) is 4.05. The maximum atomic E-state index is 12.4. The lowest BCUT2D eigenvalue weighted by Crippen LogP contribution is -2.54. The maximum Gasteiger partial charge on any atom is 0.315 e. The summed E-state index contributed by atoms with van der Waals surface area (Å²) in [5.41, 5.74) is 5.50. The van der Waals surface area contributed by atoms with Crippen molar-refractivity contribution in [1.82, 2.24) is 16.0 Å². The number of aliphatic hydroxyl groups excluding tert-OH is 2. The van der Waals surface area contributed by atoms with Crippen molar-refractivity contribution in [2.45, 2.75) is 64.3 Å². The molecule has 148 valence electrons. The Morgan fingerprint density at radius 1 is 1.31 bits per heavy atom. The lowest BCUT2D eigenvalue weighted by Gasteiger charge is -2.31. The van der Waals surface area contributed by atoms with E-state index in [4.69, 9.17) is 5.73 Å². The highest BCUT2D eigenvalue weighted by molar-refractivity contribution is 5.97. The minimum Gasteiger partial charge on any atom is -0.390 e. The van der Waals surface area contributed by atoms with Crippen molar-refractivity contribution in [3.8, 4) is 0 Å². The molecule has 4 atom stereocenters. The number of nitrogens with two attached hydrogens (primary N) is 1. The molecular formula is C17H30N4O5. The van der Waals surface area contributed by atoms with Gasteiger partial charge in [0.1, 0.15) is 12.1 Å². The first kappa shape index (κ1) is 21.9. The zero-order valence-electron chi connectivity index (χ0n) is 15.5. The molecule has 0 fully saturated rings. The van der Waals surface area contributed by atoms with Crippen LogP contribution in [-0.2, 0) is 9.59 Å². The van der Waals surface area contributed by atoms with Crippen LogP contribution < -0.4 is 21.7 Å². The lowest BCUT2D eigenvalue weighted by atomic mass is 9.89. The number of primary amides is 1. The minimum absolute atomic E-state index is 0.0884. The second-order valence-corrected chi connectivity index (χ2v) is 6.94. The number of hydrogen-bond donors (Lipinski definition) is 6. The average molecular weight is 370 g/mol. The molecule has 9 heteroatoms. The molecule has 1 aliphatic rings. The summed E-state index contributed by atoms with van der Waals surface area (Å²) in [4.78, 5) is 35.7. The largest absolute Gasteiger partial charge is 0.390 e. The van der Waals surface area contributed by atoms with Gasteiger partial charge in [0.2, 0.25) is 11.8 Å². The van der Waals surface area contributed by atoms with Crippen molar-refractivity contribution in [3.05, 3.63) is 11.6 Å². The van der Waals surface area contributed by atoms with E-state index in [9.17, 15) is 24.6 Å². The molecule has 0 aromatic heterocycles. The molecule has 0 aliphatic heterocycles. The summed E-state index contributed by atoms with van der Waals surface area (Å²) in [7, 11) is 0. The summed E-state index contributed by atoms with van der Waals surface area (Å²) >= 11 is 0. The third kappa shape index (κ3) is 6.64. The zero-order valence-corrected chi connectivity index (χ0v) is 15.5. The van der Waals surface area contributed by atoms with Gasteiger partial charge in [-0.1, -0.05) is 26.8 Å². The second-order valence-electron chi connectivity index (χ2n) is 6.94. The molecule has 0 aromatic rings. The highest BCUT2D eigenvalue weighted by Crippen LogP contribution is 2.20. The maximum absolute atomic E-state index is 12.4. The Morgan fingerprint density at radius 2 is 1.96 bits per heavy atom. The summed E-state index contributed by atoms with van der Waals surface area (Å²) in [6, 6.07) is -2.25. The van der Waals surface area contributed by atoms with E-state index in [0.29, 0.717) is 13.0 Å². The number of rotatable bonds is 8. The van der Waals surface area contributed by atoms with Crippen LogP contribution in [0.2, 0.25) is 0 Å². The number of aliphatic hydroxyl groups is 2. The van der Waals surface area contributed by atoms with Gasteiger partial charge in [0.15, 0.2) is 0 Å². The van der Waals surface area contributed by atoms with Crippen molar-refractivity contribution >= 4 is 17.8 Å². The predicted molar refractivity (Wildman–Crippen MR) is 95.9 cm³/mol. The van der Waals surface area contributed by atoms with Crippen molar-refractivity contribution in [1.29, 1.82) is 0 Å². The molecule has 0 saturated heterocycles. The van der Waals surface area contributed by atoms with Crippen molar-refractivity contribution in [2.24, 2.45) is 11.7 Å². The predicted octanol–water partition coefficient (Wildman–Crippen LogP) is -0.868. The van der Waals surface area contributed by atoms with Gasteiger partial charge in [-0.25, -0.2) is 4.79 Å². The van der Waals surface area contributed by atoms with Crippen LogP contribution in [0.25, 0.3) is 0 Å². The topological polar surface area (TPSA) is 154 Å². The second kappa shape index (κ2) is 10.1. The Kier molecular flexibility index (Phi) is 8.53. The normalized spacial score (nSPS) is 23.8. The van der Waals surface area contributed by atoms with Crippen molar-refractivity contribution in [2.75, 3.05) is 6.54 Å². The van der Waals surface area contributed by atoms with E-state index in [1.54, 1.807) is 0 Å². The molecule has 1 aliphatic carbocycles. The summed E-state index contributed by atoms with van der Waals surface area (Å²) < 4.78 is 0. The molecule has 0 saturated carbocycles. The number of amides is 4. The van der Waals surface area contributed by atoms with E-state index >= 15 is 0 Å². The van der Waals surface area contributed by atoms with Crippen LogP contribution in [0.4, 0.5) is 4.79 Å². The third-order valence-electron chi connectivity index (χ3n) is 4.05. The van der Waals surface area contributed by atoms with Crippen LogP contribution in [0.1, 0.15) is 40.0 Å². The van der Waals surface area contributed by atoms with Crippen molar-refractivity contribution in [3.63, 3.8) is 0 Å². The number of hydrogen-bond acceptors (Lipinski definition) is 5. The fourth-order valence-electron chi connectivity index (χ4n) is 2.67. The van der Waals surface area contributed by atoms with Gasteiger partial charge in [0.25, 0.3) is 0 Å². The van der Waals surface area contributed by atoms with Crippen LogP contribution in [-0.4, -0.2) is 58.9 Å². The summed E-state index contributed by atoms with van der Waals surface area (Å²) in [6.07, 6.45) is -0.00546. The van der Waals surface area contributed by atoms with Crippen LogP contribution in [0, 0.1) is 5.92 Å². The SMILES string of the molecule is CCCNC(=O)N[C@@H]1C=C(C(=O)N[C@H](CC(C)C)C(N)=O)C[C@@H](O)[C@@H]1O. The number of nitrogens with one attached hydrogen (secondary N) is 3. The fraction of sp³-hybridized carbons (Fsp3) is 0.706. The first-order chi connectivity index (χ1) is 12.1. The Morgan fingerprint density at radius 3 is 2.50 bits per heavy atom. The standard InChI is InChI=1S/C17H30N4O5/c1-4-5-19-17(26)21-11-7-10(8-13(22)14(11)23)16(25)20-12(15(18)24)6-9(2)3/h7,9,11-14,22-23H,4-6,8H2,1-3H3,(H2,18,24)(H,20,25)(H2,19,21,26)/t11-,12-,13-,14-/m1/s1. The van der Waals surface area contributed by atoms with Crippen molar-refractivity contribution < 1.29 is 24.6 Å². The monoisotopic (exact) mass is 370 g/mol. The van der Waals surface area contributed by atoms with Crippen LogP contribution >= 0.6 is 0 Å². The van der Waals surface area contributed by atoms with E-state index in [-0.39, 0.29) is 17.9 Å². The highest BCUT2D eigenvalue weighted by atomic mass is 16.3. The lowest BCUT2D eigenvalue weighted by molar-refractivity contribution is -0.126. The fourth-order valence-corrected chi connectivity index (χ4v) is 2.67. The Labute approximate surface area is 153 Å². The average Bonchev–Trinajstić information content (AvgIpc) is 2.55. The van der Waals surface area contributed by atoms with Crippen LogP contribution in [0.5, 0.6) is 0 Å². The molecule has 1 rings (SSSR count). The summed E-state index contributed by atoms with van der Waals surface area (Å²) in [5.74, 6) is -1.05. The molecule has 0 unspecified atom stereocenters. The van der Waals surface area contributed by atoms with Crippen LogP contribution in [0.3, 0.4) is 0 Å². The molecule has 0 bridgehead atoms. The molecule has 0 heterocycles. The van der Waals surface area contributed by atoms with Crippen LogP contribution in [0.15, 0.2) is 11.6 Å². The Hall–Kier alpha value is -2.13. The quantitative estimate of drug-likeness (QED) is 0.328. The first-order valence-corrected chi connectivity index (χ1v) is 8.87. The number of carbonyl (C=O) groups is 3. The first-order valence-electron chi connectivity index (χ1n) is 8.87. The highest BCUT2D eigenvalue weighted by Gasteiger charge is 2.34. The van der Waals surface area contributed by atoms with Gasteiger partial charge in [0, 0.05) is 18.5 Å². The summed E-state index contributed by atoms with van der Waals surface area (Å²) in [5, 5.41) is 27.7. The molecule has 9 nitrogen and oxygen atoms in total. The zero-order chi connectivity index (χ0) is 19.9. The molecule has 26 heavy (non-hydrogen) atoms. The van der Waals surface area contributed by atoms with Gasteiger partial charge in [-0.05, 0) is 18.8 Å². The van der Waals surface area contributed by atoms with E-state index in [1.807, 2.05) is 20.8 Å². The molecule has 0 spiro atoms. The molecule has 0 aromatic carbocycles.